The molecule has 0 bridgehead atoms. The lowest BCUT2D eigenvalue weighted by atomic mass is 9.89. The van der Waals surface area contributed by atoms with Gasteiger partial charge in [-0.2, -0.15) is 0 Å². The maximum Gasteiger partial charge on any atom is 0.123 e. The van der Waals surface area contributed by atoms with Gasteiger partial charge in [-0.3, -0.25) is 4.90 Å². The van der Waals surface area contributed by atoms with E-state index in [0.29, 0.717) is 13.2 Å². The van der Waals surface area contributed by atoms with Crippen molar-refractivity contribution in [3.05, 3.63) is 35.6 Å². The fourth-order valence-electron chi connectivity index (χ4n) is 2.88. The molecule has 1 aliphatic rings. The summed E-state index contributed by atoms with van der Waals surface area (Å²) in [4.78, 5) is 2.38. The quantitative estimate of drug-likeness (QED) is 0.919. The Bertz CT molecular complexity index is 464. The second-order valence-electron chi connectivity index (χ2n) is 6.54. The summed E-state index contributed by atoms with van der Waals surface area (Å²) in [7, 11) is 0. The minimum atomic E-state index is -0.191. The first-order chi connectivity index (χ1) is 9.35. The summed E-state index contributed by atoms with van der Waals surface area (Å²) in [5, 5.41) is 0. The largest absolute Gasteiger partial charge is 0.373 e. The van der Waals surface area contributed by atoms with Crippen LogP contribution in [-0.4, -0.2) is 42.3 Å². The van der Waals surface area contributed by atoms with E-state index in [1.165, 1.54) is 6.07 Å². The van der Waals surface area contributed by atoms with Crippen LogP contribution < -0.4 is 5.73 Å². The summed E-state index contributed by atoms with van der Waals surface area (Å²) in [5.74, 6) is -0.191. The van der Waals surface area contributed by atoms with Gasteiger partial charge in [0.15, 0.2) is 0 Å². The number of hydrogen-bond acceptors (Lipinski definition) is 3. The van der Waals surface area contributed by atoms with E-state index in [2.05, 4.69) is 25.7 Å². The van der Waals surface area contributed by atoms with Crippen molar-refractivity contribution in [2.24, 2.45) is 5.73 Å². The lowest BCUT2D eigenvalue weighted by molar-refractivity contribution is -0.112. The normalized spacial score (nSPS) is 22.4. The van der Waals surface area contributed by atoms with Crippen LogP contribution >= 0.6 is 0 Å². The van der Waals surface area contributed by atoms with Crippen LogP contribution in [0.25, 0.3) is 0 Å². The Morgan fingerprint density at radius 3 is 2.80 bits per heavy atom. The van der Waals surface area contributed by atoms with E-state index in [-0.39, 0.29) is 17.0 Å². The lowest BCUT2D eigenvalue weighted by Gasteiger charge is -2.48. The predicted octanol–water partition coefficient (Wildman–Crippen LogP) is 2.20. The van der Waals surface area contributed by atoms with Crippen molar-refractivity contribution in [1.29, 1.82) is 0 Å². The molecule has 1 aromatic carbocycles. The molecule has 1 unspecified atom stereocenters. The maximum atomic E-state index is 13.3. The highest BCUT2D eigenvalue weighted by Crippen LogP contribution is 2.26. The first-order valence-corrected chi connectivity index (χ1v) is 7.18. The average Bonchev–Trinajstić information content (AvgIpc) is 2.37. The number of hydrogen-bond donors (Lipinski definition) is 1. The molecular weight excluding hydrogens is 255 g/mol. The first kappa shape index (κ1) is 15.4. The highest BCUT2D eigenvalue weighted by Gasteiger charge is 2.37. The highest BCUT2D eigenvalue weighted by atomic mass is 19.1. The molecule has 2 rings (SSSR count). The van der Waals surface area contributed by atoms with Crippen LogP contribution in [-0.2, 0) is 11.2 Å². The Balaban J connectivity index is 2.16. The monoisotopic (exact) mass is 280 g/mol. The molecule has 0 amide bonds. The third-order valence-corrected chi connectivity index (χ3v) is 4.10. The zero-order valence-electron chi connectivity index (χ0n) is 12.7. The van der Waals surface area contributed by atoms with Crippen molar-refractivity contribution in [3.63, 3.8) is 0 Å². The van der Waals surface area contributed by atoms with E-state index < -0.39 is 0 Å². The predicted molar refractivity (Wildman–Crippen MR) is 79.2 cm³/mol. The van der Waals surface area contributed by atoms with Crippen molar-refractivity contribution in [2.75, 3.05) is 26.2 Å². The van der Waals surface area contributed by atoms with E-state index >= 15 is 0 Å². The van der Waals surface area contributed by atoms with Crippen LogP contribution in [0.3, 0.4) is 0 Å². The summed E-state index contributed by atoms with van der Waals surface area (Å²) >= 11 is 0. The van der Waals surface area contributed by atoms with Gasteiger partial charge in [-0.1, -0.05) is 12.1 Å². The summed E-state index contributed by atoms with van der Waals surface area (Å²) in [6, 6.07) is 6.79. The fraction of sp³-hybridized carbons (Fsp3) is 0.625. The van der Waals surface area contributed by atoms with Crippen molar-refractivity contribution < 1.29 is 9.13 Å². The summed E-state index contributed by atoms with van der Waals surface area (Å²) < 4.78 is 19.1. The smallest absolute Gasteiger partial charge is 0.123 e. The molecule has 3 nitrogen and oxygen atoms in total. The van der Waals surface area contributed by atoms with Gasteiger partial charge in [-0.25, -0.2) is 4.39 Å². The minimum Gasteiger partial charge on any atom is -0.373 e. The van der Waals surface area contributed by atoms with E-state index in [1.54, 1.807) is 12.1 Å². The second-order valence-corrected chi connectivity index (χ2v) is 6.54. The molecule has 1 fully saturated rings. The number of nitrogens with zero attached hydrogens (tertiary/aromatic N) is 1. The summed E-state index contributed by atoms with van der Waals surface area (Å²) in [5.41, 5.74) is 6.70. The molecule has 1 aromatic rings. The molecule has 112 valence electrons. The molecule has 1 heterocycles. The topological polar surface area (TPSA) is 38.5 Å². The standard InChI is InChI=1S/C16H25FN2O/c1-15(2)12-19(7-8-20-15)16(3,11-18)10-13-5-4-6-14(17)9-13/h4-6,9H,7-8,10-12,18H2,1-3H3. The first-order valence-electron chi connectivity index (χ1n) is 7.18. The van der Waals surface area contributed by atoms with Crippen molar-refractivity contribution in [2.45, 2.75) is 38.3 Å². The molecular formula is C16H25FN2O. The number of benzene rings is 1. The van der Waals surface area contributed by atoms with Crippen LogP contribution in [0, 0.1) is 5.82 Å². The van der Waals surface area contributed by atoms with E-state index in [1.807, 2.05) is 6.07 Å². The molecule has 0 radical (unpaired) electrons. The summed E-state index contributed by atoms with van der Waals surface area (Å²) in [6.07, 6.45) is 0.747. The van der Waals surface area contributed by atoms with Gasteiger partial charge in [-0.15, -0.1) is 0 Å². The van der Waals surface area contributed by atoms with Gasteiger partial charge in [-0.05, 0) is 44.9 Å². The number of halogens is 1. The zero-order chi connectivity index (χ0) is 14.8. The van der Waals surface area contributed by atoms with Gasteiger partial charge in [0.05, 0.1) is 12.2 Å². The lowest BCUT2D eigenvalue weighted by Crippen LogP contribution is -2.61. The van der Waals surface area contributed by atoms with Crippen LogP contribution in [0.5, 0.6) is 0 Å². The Kier molecular flexibility index (Phi) is 4.47. The number of nitrogens with two attached hydrogens (primary N) is 1. The number of rotatable bonds is 4. The SMILES string of the molecule is CC1(C)CN(C(C)(CN)Cc2cccc(F)c2)CCO1. The Hall–Kier alpha value is -0.970. The average molecular weight is 280 g/mol. The van der Waals surface area contributed by atoms with Crippen molar-refractivity contribution >= 4 is 0 Å². The van der Waals surface area contributed by atoms with Gasteiger partial charge in [0, 0.05) is 25.2 Å². The third-order valence-electron chi connectivity index (χ3n) is 4.10. The van der Waals surface area contributed by atoms with E-state index in [0.717, 1.165) is 25.1 Å². The van der Waals surface area contributed by atoms with Gasteiger partial charge in [0.2, 0.25) is 0 Å². The van der Waals surface area contributed by atoms with Crippen LogP contribution in [0.1, 0.15) is 26.3 Å². The van der Waals surface area contributed by atoms with Crippen molar-refractivity contribution in [1.82, 2.24) is 4.90 Å². The fourth-order valence-corrected chi connectivity index (χ4v) is 2.88. The molecule has 1 aliphatic heterocycles. The number of morpholine rings is 1. The van der Waals surface area contributed by atoms with Crippen LogP contribution in [0.4, 0.5) is 4.39 Å². The van der Waals surface area contributed by atoms with E-state index in [4.69, 9.17) is 10.5 Å². The van der Waals surface area contributed by atoms with Crippen LogP contribution in [0.2, 0.25) is 0 Å². The maximum absolute atomic E-state index is 13.3. The molecule has 4 heteroatoms. The Morgan fingerprint density at radius 2 is 2.20 bits per heavy atom. The molecule has 0 spiro atoms. The van der Waals surface area contributed by atoms with Gasteiger partial charge >= 0.3 is 0 Å². The van der Waals surface area contributed by atoms with Gasteiger partial charge in [0.25, 0.3) is 0 Å². The van der Waals surface area contributed by atoms with Crippen LogP contribution in [0.15, 0.2) is 24.3 Å². The zero-order valence-corrected chi connectivity index (χ0v) is 12.7. The van der Waals surface area contributed by atoms with Crippen molar-refractivity contribution in [3.8, 4) is 0 Å². The summed E-state index contributed by atoms with van der Waals surface area (Å²) in [6.45, 7) is 9.31. The molecule has 0 aromatic heterocycles. The molecule has 0 aliphatic carbocycles. The highest BCUT2D eigenvalue weighted by molar-refractivity contribution is 5.19. The molecule has 1 saturated heterocycles. The van der Waals surface area contributed by atoms with Gasteiger partial charge < -0.3 is 10.5 Å². The molecule has 1 atom stereocenters. The molecule has 20 heavy (non-hydrogen) atoms. The van der Waals surface area contributed by atoms with Gasteiger partial charge in [0.1, 0.15) is 5.82 Å². The molecule has 2 N–H and O–H groups in total. The second kappa shape index (κ2) is 5.80. The van der Waals surface area contributed by atoms with E-state index in [9.17, 15) is 4.39 Å². The minimum absolute atomic E-state index is 0.156. The Labute approximate surface area is 120 Å². The number of ether oxygens (including phenoxy) is 1. The molecule has 0 saturated carbocycles. The third kappa shape index (κ3) is 3.57. The Morgan fingerprint density at radius 1 is 1.45 bits per heavy atom.